The van der Waals surface area contributed by atoms with E-state index in [2.05, 4.69) is 6.92 Å². The van der Waals surface area contributed by atoms with Crippen LogP contribution in [0.4, 0.5) is 0 Å². The number of hydrogen-bond donors (Lipinski definition) is 1. The normalized spacial score (nSPS) is 14.1. The number of ether oxygens (including phenoxy) is 1. The maximum atomic E-state index is 6.23. The third-order valence-electron chi connectivity index (χ3n) is 3.01. The van der Waals surface area contributed by atoms with Crippen molar-refractivity contribution in [2.45, 2.75) is 29.5 Å². The van der Waals surface area contributed by atoms with Crippen LogP contribution in [0.15, 0.2) is 52.0 Å². The number of hydrogen-bond acceptors (Lipinski definition) is 4. The van der Waals surface area contributed by atoms with E-state index in [0.29, 0.717) is 0 Å². The first kappa shape index (κ1) is 14.0. The van der Waals surface area contributed by atoms with Gasteiger partial charge >= 0.3 is 0 Å². The van der Waals surface area contributed by atoms with Crippen LogP contribution in [0.2, 0.25) is 0 Å². The Labute approximate surface area is 118 Å². The van der Waals surface area contributed by atoms with Crippen molar-refractivity contribution in [2.75, 3.05) is 7.11 Å². The molecule has 1 aromatic carbocycles. The number of benzene rings is 1. The number of methoxy groups -OCH3 is 1. The summed E-state index contributed by atoms with van der Waals surface area (Å²) in [6.45, 7) is 2.09. The van der Waals surface area contributed by atoms with E-state index in [-0.39, 0.29) is 11.3 Å². The molecule has 0 aliphatic heterocycles. The third-order valence-corrected chi connectivity index (χ3v) is 4.43. The molecular weight excluding hydrogens is 258 g/mol. The van der Waals surface area contributed by atoms with Crippen LogP contribution in [-0.2, 0) is 0 Å². The van der Waals surface area contributed by atoms with Gasteiger partial charge in [0.25, 0.3) is 0 Å². The molecule has 19 heavy (non-hydrogen) atoms. The maximum Gasteiger partial charge on any atom is 0.132 e. The number of nitrogens with two attached hydrogens (primary N) is 1. The van der Waals surface area contributed by atoms with Gasteiger partial charge < -0.3 is 14.9 Å². The quantitative estimate of drug-likeness (QED) is 0.815. The molecule has 3 nitrogen and oxygen atoms in total. The van der Waals surface area contributed by atoms with Crippen molar-refractivity contribution in [3.8, 4) is 5.75 Å². The highest BCUT2D eigenvalue weighted by atomic mass is 32.2. The lowest BCUT2D eigenvalue weighted by Crippen LogP contribution is -2.25. The van der Waals surface area contributed by atoms with E-state index < -0.39 is 0 Å². The summed E-state index contributed by atoms with van der Waals surface area (Å²) in [5, 5.41) is 0.0938. The summed E-state index contributed by atoms with van der Waals surface area (Å²) in [4.78, 5) is 1.08. The van der Waals surface area contributed by atoms with Crippen LogP contribution in [0.25, 0.3) is 0 Å². The standard InChI is InChI=1S/C15H19NO2S/c1-3-11(16)15(13-8-6-10-18-13)19-14-9-5-4-7-12(14)17-2/h4-11,15H,3,16H2,1-2H3. The Morgan fingerprint density at radius 2 is 2.05 bits per heavy atom. The molecule has 0 spiro atoms. The second-order valence-corrected chi connectivity index (χ2v) is 5.46. The monoisotopic (exact) mass is 277 g/mol. The van der Waals surface area contributed by atoms with Gasteiger partial charge in [0.05, 0.1) is 23.5 Å². The van der Waals surface area contributed by atoms with Gasteiger partial charge in [-0.15, -0.1) is 11.8 Å². The van der Waals surface area contributed by atoms with Crippen molar-refractivity contribution in [1.82, 2.24) is 0 Å². The van der Waals surface area contributed by atoms with Crippen LogP contribution in [0.1, 0.15) is 24.4 Å². The van der Waals surface area contributed by atoms with E-state index in [0.717, 1.165) is 22.8 Å². The zero-order valence-electron chi connectivity index (χ0n) is 11.2. The molecule has 2 unspecified atom stereocenters. The lowest BCUT2D eigenvalue weighted by molar-refractivity contribution is 0.404. The van der Waals surface area contributed by atoms with Crippen molar-refractivity contribution in [2.24, 2.45) is 5.73 Å². The maximum absolute atomic E-state index is 6.23. The minimum atomic E-state index is 0.0427. The molecule has 2 rings (SSSR count). The fraction of sp³-hybridized carbons (Fsp3) is 0.333. The summed E-state index contributed by atoms with van der Waals surface area (Å²) >= 11 is 1.69. The number of furan rings is 1. The molecule has 0 saturated carbocycles. The van der Waals surface area contributed by atoms with Crippen molar-refractivity contribution < 1.29 is 9.15 Å². The summed E-state index contributed by atoms with van der Waals surface area (Å²) in [6, 6.07) is 11.9. The Hall–Kier alpha value is -1.39. The molecule has 102 valence electrons. The summed E-state index contributed by atoms with van der Waals surface area (Å²) in [5.41, 5.74) is 6.23. The third kappa shape index (κ3) is 3.33. The highest BCUT2D eigenvalue weighted by Crippen LogP contribution is 2.41. The summed E-state index contributed by atoms with van der Waals surface area (Å²) in [7, 11) is 1.68. The second-order valence-electron chi connectivity index (χ2n) is 4.28. The average molecular weight is 277 g/mol. The van der Waals surface area contributed by atoms with Gasteiger partial charge in [-0.05, 0) is 30.7 Å². The van der Waals surface area contributed by atoms with Crippen LogP contribution >= 0.6 is 11.8 Å². The Bertz CT molecular complexity index is 499. The molecule has 0 saturated heterocycles. The SMILES string of the molecule is CCC(N)C(Sc1ccccc1OC)c1ccco1. The lowest BCUT2D eigenvalue weighted by atomic mass is 10.1. The Balaban J connectivity index is 2.25. The highest BCUT2D eigenvalue weighted by molar-refractivity contribution is 7.99. The van der Waals surface area contributed by atoms with E-state index >= 15 is 0 Å². The number of rotatable bonds is 6. The minimum absolute atomic E-state index is 0.0427. The Morgan fingerprint density at radius 1 is 1.26 bits per heavy atom. The second kappa shape index (κ2) is 6.68. The smallest absolute Gasteiger partial charge is 0.132 e. The van der Waals surface area contributed by atoms with Crippen LogP contribution in [-0.4, -0.2) is 13.2 Å². The van der Waals surface area contributed by atoms with Gasteiger partial charge in [0.15, 0.2) is 0 Å². The van der Waals surface area contributed by atoms with Gasteiger partial charge in [0.1, 0.15) is 11.5 Å². The molecule has 1 heterocycles. The molecule has 0 aliphatic rings. The lowest BCUT2D eigenvalue weighted by Gasteiger charge is -2.21. The first-order chi connectivity index (χ1) is 9.26. The predicted octanol–water partition coefficient (Wildman–Crippen LogP) is 3.86. The number of para-hydroxylation sites is 1. The van der Waals surface area contributed by atoms with Crippen LogP contribution < -0.4 is 10.5 Å². The van der Waals surface area contributed by atoms with Crippen molar-refractivity contribution in [1.29, 1.82) is 0 Å². The van der Waals surface area contributed by atoms with Gasteiger partial charge in [0.2, 0.25) is 0 Å². The molecule has 2 N–H and O–H groups in total. The van der Waals surface area contributed by atoms with E-state index in [1.165, 1.54) is 0 Å². The van der Waals surface area contributed by atoms with Crippen LogP contribution in [0, 0.1) is 0 Å². The first-order valence-electron chi connectivity index (χ1n) is 6.35. The van der Waals surface area contributed by atoms with Gasteiger partial charge in [-0.25, -0.2) is 0 Å². The first-order valence-corrected chi connectivity index (χ1v) is 7.23. The molecule has 2 aromatic rings. The largest absolute Gasteiger partial charge is 0.496 e. The fourth-order valence-corrected chi connectivity index (χ4v) is 3.19. The van der Waals surface area contributed by atoms with Crippen LogP contribution in [0.3, 0.4) is 0 Å². The van der Waals surface area contributed by atoms with E-state index in [1.807, 2.05) is 36.4 Å². The van der Waals surface area contributed by atoms with Gasteiger partial charge in [-0.1, -0.05) is 19.1 Å². The average Bonchev–Trinajstić information content (AvgIpc) is 2.98. The molecule has 0 bridgehead atoms. The van der Waals surface area contributed by atoms with Gasteiger partial charge in [0, 0.05) is 6.04 Å². The van der Waals surface area contributed by atoms with Crippen molar-refractivity contribution in [3.63, 3.8) is 0 Å². The summed E-state index contributed by atoms with van der Waals surface area (Å²) < 4.78 is 10.9. The van der Waals surface area contributed by atoms with E-state index in [4.69, 9.17) is 14.9 Å². The molecule has 0 radical (unpaired) electrons. The molecule has 4 heteroatoms. The summed E-state index contributed by atoms with van der Waals surface area (Å²) in [6.07, 6.45) is 2.58. The molecule has 1 aromatic heterocycles. The molecule has 0 amide bonds. The van der Waals surface area contributed by atoms with Gasteiger partial charge in [-0.2, -0.15) is 0 Å². The number of thioether (sulfide) groups is 1. The topological polar surface area (TPSA) is 48.4 Å². The van der Waals surface area contributed by atoms with E-state index in [9.17, 15) is 0 Å². The molecule has 0 aliphatic carbocycles. The zero-order valence-corrected chi connectivity index (χ0v) is 12.0. The van der Waals surface area contributed by atoms with Crippen LogP contribution in [0.5, 0.6) is 5.75 Å². The Kier molecular flexibility index (Phi) is 4.93. The van der Waals surface area contributed by atoms with Crippen molar-refractivity contribution >= 4 is 11.8 Å². The molecular formula is C15H19NO2S. The van der Waals surface area contributed by atoms with Crippen molar-refractivity contribution in [3.05, 3.63) is 48.4 Å². The molecule has 0 fully saturated rings. The van der Waals surface area contributed by atoms with E-state index in [1.54, 1.807) is 25.1 Å². The molecule has 2 atom stereocenters. The zero-order chi connectivity index (χ0) is 13.7. The minimum Gasteiger partial charge on any atom is -0.496 e. The fourth-order valence-electron chi connectivity index (χ4n) is 1.88. The predicted molar refractivity (Wildman–Crippen MR) is 78.6 cm³/mol. The Morgan fingerprint density at radius 3 is 2.68 bits per heavy atom. The summed E-state index contributed by atoms with van der Waals surface area (Å²) in [5.74, 6) is 1.78. The highest BCUT2D eigenvalue weighted by Gasteiger charge is 2.23. The van der Waals surface area contributed by atoms with Gasteiger partial charge in [-0.3, -0.25) is 0 Å².